The molecule has 0 unspecified atom stereocenters. The fourth-order valence-corrected chi connectivity index (χ4v) is 1.66. The van der Waals surface area contributed by atoms with E-state index < -0.39 is 0 Å². The third kappa shape index (κ3) is 4.53. The van der Waals surface area contributed by atoms with Crippen molar-refractivity contribution in [3.8, 4) is 0 Å². The standard InChI is InChI=1S/C13H20N2O2/c1-2-3-4-8-15(9-10-16)13(17)12-6-5-7-14-11-12/h5-7,11,16H,2-4,8-10H2,1H3. The number of carbonyl (C=O) groups is 1. The summed E-state index contributed by atoms with van der Waals surface area (Å²) in [6, 6.07) is 3.50. The van der Waals surface area contributed by atoms with Crippen LogP contribution < -0.4 is 0 Å². The van der Waals surface area contributed by atoms with Crippen molar-refractivity contribution in [2.24, 2.45) is 0 Å². The van der Waals surface area contributed by atoms with Crippen molar-refractivity contribution < 1.29 is 9.90 Å². The Labute approximate surface area is 102 Å². The SMILES string of the molecule is CCCCCN(CCO)C(=O)c1cccnc1. The lowest BCUT2D eigenvalue weighted by molar-refractivity contribution is 0.0718. The predicted molar refractivity (Wildman–Crippen MR) is 66.8 cm³/mol. The normalized spacial score (nSPS) is 10.2. The Morgan fingerprint density at radius 3 is 2.82 bits per heavy atom. The lowest BCUT2D eigenvalue weighted by Crippen LogP contribution is -2.34. The molecule has 1 rings (SSSR count). The number of hydrogen-bond acceptors (Lipinski definition) is 3. The van der Waals surface area contributed by atoms with Gasteiger partial charge in [0, 0.05) is 25.5 Å². The van der Waals surface area contributed by atoms with E-state index in [0.29, 0.717) is 18.7 Å². The van der Waals surface area contributed by atoms with Crippen molar-refractivity contribution in [1.29, 1.82) is 0 Å². The van der Waals surface area contributed by atoms with Crippen LogP contribution in [0.2, 0.25) is 0 Å². The number of nitrogens with zero attached hydrogens (tertiary/aromatic N) is 2. The van der Waals surface area contributed by atoms with Gasteiger partial charge < -0.3 is 10.0 Å². The van der Waals surface area contributed by atoms with Gasteiger partial charge >= 0.3 is 0 Å². The molecule has 1 amide bonds. The molecule has 1 heterocycles. The minimum absolute atomic E-state index is 0.00186. The quantitative estimate of drug-likeness (QED) is 0.733. The van der Waals surface area contributed by atoms with Gasteiger partial charge in [0.25, 0.3) is 5.91 Å². The van der Waals surface area contributed by atoms with Gasteiger partial charge in [0.2, 0.25) is 0 Å². The van der Waals surface area contributed by atoms with Gasteiger partial charge in [0.1, 0.15) is 0 Å². The van der Waals surface area contributed by atoms with Crippen molar-refractivity contribution in [2.45, 2.75) is 26.2 Å². The van der Waals surface area contributed by atoms with E-state index in [9.17, 15) is 4.79 Å². The molecular formula is C13H20N2O2. The average molecular weight is 236 g/mol. The molecule has 0 aliphatic heterocycles. The van der Waals surface area contributed by atoms with Crippen LogP contribution in [0.5, 0.6) is 0 Å². The van der Waals surface area contributed by atoms with Gasteiger partial charge in [0.15, 0.2) is 0 Å². The molecule has 0 saturated heterocycles. The summed E-state index contributed by atoms with van der Waals surface area (Å²) in [7, 11) is 0. The molecule has 0 atom stereocenters. The summed E-state index contributed by atoms with van der Waals surface area (Å²) >= 11 is 0. The average Bonchev–Trinajstić information content (AvgIpc) is 2.38. The molecule has 94 valence electrons. The minimum Gasteiger partial charge on any atom is -0.395 e. The van der Waals surface area contributed by atoms with E-state index in [1.165, 1.54) is 0 Å². The molecule has 0 aromatic carbocycles. The van der Waals surface area contributed by atoms with E-state index in [2.05, 4.69) is 11.9 Å². The molecule has 4 heteroatoms. The minimum atomic E-state index is -0.0525. The van der Waals surface area contributed by atoms with Crippen molar-refractivity contribution >= 4 is 5.91 Å². The van der Waals surface area contributed by atoms with Crippen LogP contribution in [0.3, 0.4) is 0 Å². The van der Waals surface area contributed by atoms with E-state index in [0.717, 1.165) is 19.3 Å². The lowest BCUT2D eigenvalue weighted by atomic mass is 10.2. The Hall–Kier alpha value is -1.42. The van der Waals surface area contributed by atoms with Crippen LogP contribution in [-0.4, -0.2) is 40.6 Å². The molecule has 0 spiro atoms. The zero-order valence-corrected chi connectivity index (χ0v) is 10.3. The van der Waals surface area contributed by atoms with Crippen molar-refractivity contribution in [3.05, 3.63) is 30.1 Å². The summed E-state index contributed by atoms with van der Waals surface area (Å²) in [6.07, 6.45) is 6.40. The lowest BCUT2D eigenvalue weighted by Gasteiger charge is -2.21. The molecule has 0 aliphatic carbocycles. The molecule has 17 heavy (non-hydrogen) atoms. The van der Waals surface area contributed by atoms with Crippen LogP contribution in [0.4, 0.5) is 0 Å². The van der Waals surface area contributed by atoms with Gasteiger partial charge in [-0.3, -0.25) is 9.78 Å². The van der Waals surface area contributed by atoms with Crippen molar-refractivity contribution in [1.82, 2.24) is 9.88 Å². The zero-order valence-electron chi connectivity index (χ0n) is 10.3. The highest BCUT2D eigenvalue weighted by Gasteiger charge is 2.14. The van der Waals surface area contributed by atoms with Gasteiger partial charge in [-0.1, -0.05) is 19.8 Å². The first kappa shape index (κ1) is 13.6. The molecule has 0 radical (unpaired) electrons. The highest BCUT2D eigenvalue weighted by atomic mass is 16.3. The molecule has 1 aromatic rings. The second-order valence-corrected chi connectivity index (χ2v) is 3.96. The van der Waals surface area contributed by atoms with Gasteiger partial charge in [-0.25, -0.2) is 0 Å². The molecule has 0 saturated carbocycles. The number of rotatable bonds is 7. The Morgan fingerprint density at radius 2 is 2.24 bits per heavy atom. The maximum absolute atomic E-state index is 12.1. The summed E-state index contributed by atoms with van der Waals surface area (Å²) in [5.41, 5.74) is 0.581. The molecule has 0 fully saturated rings. The Bertz CT molecular complexity index is 327. The molecule has 0 aliphatic rings. The first-order valence-electron chi connectivity index (χ1n) is 6.09. The maximum Gasteiger partial charge on any atom is 0.255 e. The van der Waals surface area contributed by atoms with E-state index in [1.54, 1.807) is 29.4 Å². The molecule has 1 N–H and O–H groups in total. The molecule has 1 aromatic heterocycles. The van der Waals surface area contributed by atoms with Crippen LogP contribution >= 0.6 is 0 Å². The van der Waals surface area contributed by atoms with E-state index in [4.69, 9.17) is 5.11 Å². The van der Waals surface area contributed by atoms with Crippen LogP contribution in [0.1, 0.15) is 36.5 Å². The van der Waals surface area contributed by atoms with Gasteiger partial charge in [-0.05, 0) is 18.6 Å². The molecule has 4 nitrogen and oxygen atoms in total. The third-order valence-corrected chi connectivity index (χ3v) is 2.60. The van der Waals surface area contributed by atoms with E-state index >= 15 is 0 Å². The first-order valence-corrected chi connectivity index (χ1v) is 6.09. The maximum atomic E-state index is 12.1. The first-order chi connectivity index (χ1) is 8.29. The highest BCUT2D eigenvalue weighted by Crippen LogP contribution is 2.05. The monoisotopic (exact) mass is 236 g/mol. The fourth-order valence-electron chi connectivity index (χ4n) is 1.66. The smallest absolute Gasteiger partial charge is 0.255 e. The predicted octanol–water partition coefficient (Wildman–Crippen LogP) is 1.71. The summed E-state index contributed by atoms with van der Waals surface area (Å²) in [5, 5.41) is 8.98. The number of carbonyl (C=O) groups excluding carboxylic acids is 1. The Morgan fingerprint density at radius 1 is 1.41 bits per heavy atom. The topological polar surface area (TPSA) is 53.4 Å². The summed E-state index contributed by atoms with van der Waals surface area (Å²) in [5.74, 6) is -0.0525. The van der Waals surface area contributed by atoms with Gasteiger partial charge in [-0.15, -0.1) is 0 Å². The number of aromatic nitrogens is 1. The van der Waals surface area contributed by atoms with Crippen LogP contribution in [-0.2, 0) is 0 Å². The summed E-state index contributed by atoms with van der Waals surface area (Å²) in [6.45, 7) is 3.21. The zero-order chi connectivity index (χ0) is 12.5. The van der Waals surface area contributed by atoms with Gasteiger partial charge in [0.05, 0.1) is 12.2 Å². The third-order valence-electron chi connectivity index (χ3n) is 2.60. The van der Waals surface area contributed by atoms with Crippen molar-refractivity contribution in [3.63, 3.8) is 0 Å². The van der Waals surface area contributed by atoms with E-state index in [-0.39, 0.29) is 12.5 Å². The van der Waals surface area contributed by atoms with Crippen LogP contribution in [0, 0.1) is 0 Å². The van der Waals surface area contributed by atoms with Crippen molar-refractivity contribution in [2.75, 3.05) is 19.7 Å². The fraction of sp³-hybridized carbons (Fsp3) is 0.538. The Kier molecular flexibility index (Phi) is 6.25. The highest BCUT2D eigenvalue weighted by molar-refractivity contribution is 5.93. The Balaban J connectivity index is 2.60. The summed E-state index contributed by atoms with van der Waals surface area (Å²) in [4.78, 5) is 17.7. The molecule has 0 bridgehead atoms. The number of hydrogen-bond donors (Lipinski definition) is 1. The second-order valence-electron chi connectivity index (χ2n) is 3.96. The number of aliphatic hydroxyl groups is 1. The van der Waals surface area contributed by atoms with Crippen LogP contribution in [0.25, 0.3) is 0 Å². The van der Waals surface area contributed by atoms with Crippen LogP contribution in [0.15, 0.2) is 24.5 Å². The second kappa shape index (κ2) is 7.79. The number of amides is 1. The summed E-state index contributed by atoms with van der Waals surface area (Å²) < 4.78 is 0. The molecular weight excluding hydrogens is 216 g/mol. The van der Waals surface area contributed by atoms with E-state index in [1.807, 2.05) is 0 Å². The largest absolute Gasteiger partial charge is 0.395 e. The number of pyridine rings is 1. The number of unbranched alkanes of at least 4 members (excludes halogenated alkanes) is 2. The number of aliphatic hydroxyl groups excluding tert-OH is 1. The van der Waals surface area contributed by atoms with Gasteiger partial charge in [-0.2, -0.15) is 0 Å².